The minimum atomic E-state index is -0.718. The van der Waals surface area contributed by atoms with Crippen LogP contribution in [0.4, 0.5) is 0 Å². The van der Waals surface area contributed by atoms with Crippen LogP contribution in [-0.4, -0.2) is 23.2 Å². The molecule has 0 aromatic rings. The van der Waals surface area contributed by atoms with Gasteiger partial charge in [-0.25, -0.2) is 0 Å². The molecule has 0 spiro atoms. The molecule has 0 unspecified atom stereocenters. The molecule has 0 radical (unpaired) electrons. The fourth-order valence-corrected chi connectivity index (χ4v) is 1.74. The van der Waals surface area contributed by atoms with Crippen LogP contribution in [0.3, 0.4) is 0 Å². The first-order chi connectivity index (χ1) is 5.74. The van der Waals surface area contributed by atoms with E-state index in [4.69, 9.17) is 5.11 Å². The van der Waals surface area contributed by atoms with E-state index in [2.05, 4.69) is 5.32 Å². The minimum absolute atomic E-state index is 0.340. The summed E-state index contributed by atoms with van der Waals surface area (Å²) in [6.45, 7) is 1.90. The van der Waals surface area contributed by atoms with Crippen molar-refractivity contribution in [3.05, 3.63) is 0 Å². The van der Waals surface area contributed by atoms with E-state index < -0.39 is 5.97 Å². The van der Waals surface area contributed by atoms with Crippen LogP contribution in [0.2, 0.25) is 0 Å². The van der Waals surface area contributed by atoms with Gasteiger partial charge < -0.3 is 10.4 Å². The predicted octanol–water partition coefficient (Wildman–Crippen LogP) is 1.38. The second kappa shape index (κ2) is 4.45. The Kier molecular flexibility index (Phi) is 3.53. The molecular formula is C9H17NO2. The topological polar surface area (TPSA) is 49.3 Å². The Morgan fingerprint density at radius 1 is 1.58 bits per heavy atom. The largest absolute Gasteiger partial charge is 0.480 e. The van der Waals surface area contributed by atoms with Gasteiger partial charge in [0, 0.05) is 6.04 Å². The molecule has 2 N–H and O–H groups in total. The molecule has 0 aliphatic heterocycles. The average Bonchev–Trinajstić information content (AvgIpc) is 2.51. The predicted molar refractivity (Wildman–Crippen MR) is 47.1 cm³/mol. The smallest absolute Gasteiger partial charge is 0.320 e. The number of aliphatic carboxylic acids is 1. The van der Waals surface area contributed by atoms with Crippen molar-refractivity contribution in [1.82, 2.24) is 5.32 Å². The first-order valence-corrected chi connectivity index (χ1v) is 4.73. The summed E-state index contributed by atoms with van der Waals surface area (Å²) in [6, 6.07) is 0.110. The first kappa shape index (κ1) is 9.52. The monoisotopic (exact) mass is 171 g/mol. The van der Waals surface area contributed by atoms with Gasteiger partial charge in [0.05, 0.1) is 0 Å². The Labute approximate surface area is 73.2 Å². The molecule has 3 nitrogen and oxygen atoms in total. The fourth-order valence-electron chi connectivity index (χ4n) is 1.74. The SMILES string of the molecule is CC[C@H](NC1CCCC1)C(=O)O. The van der Waals surface area contributed by atoms with E-state index >= 15 is 0 Å². The lowest BCUT2D eigenvalue weighted by molar-refractivity contribution is -0.139. The van der Waals surface area contributed by atoms with Gasteiger partial charge in [-0.15, -0.1) is 0 Å². The first-order valence-electron chi connectivity index (χ1n) is 4.73. The number of carbonyl (C=O) groups is 1. The number of carboxylic acids is 1. The standard InChI is InChI=1S/C9H17NO2/c1-2-8(9(11)12)10-7-5-3-4-6-7/h7-8,10H,2-6H2,1H3,(H,11,12)/t8-/m0/s1. The Bertz CT molecular complexity index is 153. The molecule has 1 rings (SSSR count). The molecule has 1 aliphatic carbocycles. The maximum Gasteiger partial charge on any atom is 0.320 e. The molecule has 3 heteroatoms. The van der Waals surface area contributed by atoms with Gasteiger partial charge in [-0.1, -0.05) is 19.8 Å². The number of carboxylic acid groups (broad SMARTS) is 1. The molecule has 0 saturated heterocycles. The molecule has 70 valence electrons. The molecule has 1 fully saturated rings. The second-order valence-electron chi connectivity index (χ2n) is 3.45. The zero-order valence-electron chi connectivity index (χ0n) is 7.55. The van der Waals surface area contributed by atoms with E-state index in [-0.39, 0.29) is 6.04 Å². The molecule has 0 aromatic heterocycles. The summed E-state index contributed by atoms with van der Waals surface area (Å²) in [5, 5.41) is 11.9. The molecule has 1 aliphatic rings. The highest BCUT2D eigenvalue weighted by Gasteiger charge is 2.21. The van der Waals surface area contributed by atoms with Crippen molar-refractivity contribution in [3.8, 4) is 0 Å². The van der Waals surface area contributed by atoms with Crippen molar-refractivity contribution in [2.24, 2.45) is 0 Å². The molecule has 12 heavy (non-hydrogen) atoms. The number of hydrogen-bond acceptors (Lipinski definition) is 2. The van der Waals surface area contributed by atoms with E-state index in [1.807, 2.05) is 6.92 Å². The van der Waals surface area contributed by atoms with Crippen LogP contribution in [0.5, 0.6) is 0 Å². The Balaban J connectivity index is 2.30. The minimum Gasteiger partial charge on any atom is -0.480 e. The highest BCUT2D eigenvalue weighted by Crippen LogP contribution is 2.18. The summed E-state index contributed by atoms with van der Waals surface area (Å²) < 4.78 is 0. The van der Waals surface area contributed by atoms with E-state index in [0.29, 0.717) is 12.5 Å². The van der Waals surface area contributed by atoms with Crippen LogP contribution in [0.15, 0.2) is 0 Å². The van der Waals surface area contributed by atoms with Gasteiger partial charge in [0.15, 0.2) is 0 Å². The van der Waals surface area contributed by atoms with Crippen LogP contribution in [0, 0.1) is 0 Å². The zero-order chi connectivity index (χ0) is 8.97. The highest BCUT2D eigenvalue weighted by atomic mass is 16.4. The summed E-state index contributed by atoms with van der Waals surface area (Å²) in [4.78, 5) is 10.7. The average molecular weight is 171 g/mol. The molecule has 1 atom stereocenters. The summed E-state index contributed by atoms with van der Waals surface area (Å²) in [7, 11) is 0. The van der Waals surface area contributed by atoms with E-state index in [1.54, 1.807) is 0 Å². The van der Waals surface area contributed by atoms with Crippen molar-refractivity contribution in [2.75, 3.05) is 0 Å². The van der Waals surface area contributed by atoms with Crippen molar-refractivity contribution < 1.29 is 9.90 Å². The van der Waals surface area contributed by atoms with Gasteiger partial charge >= 0.3 is 5.97 Å². The van der Waals surface area contributed by atoms with Gasteiger partial charge in [-0.2, -0.15) is 0 Å². The van der Waals surface area contributed by atoms with E-state index in [1.165, 1.54) is 12.8 Å². The Morgan fingerprint density at radius 3 is 2.58 bits per heavy atom. The number of nitrogens with one attached hydrogen (secondary N) is 1. The second-order valence-corrected chi connectivity index (χ2v) is 3.45. The third kappa shape index (κ3) is 2.48. The van der Waals surface area contributed by atoms with Crippen molar-refractivity contribution in [1.29, 1.82) is 0 Å². The van der Waals surface area contributed by atoms with Crippen molar-refractivity contribution in [2.45, 2.75) is 51.1 Å². The Morgan fingerprint density at radius 2 is 2.17 bits per heavy atom. The van der Waals surface area contributed by atoms with Gasteiger partial charge in [0.2, 0.25) is 0 Å². The van der Waals surface area contributed by atoms with Crippen LogP contribution in [-0.2, 0) is 4.79 Å². The summed E-state index contributed by atoms with van der Waals surface area (Å²) >= 11 is 0. The van der Waals surface area contributed by atoms with Crippen LogP contribution >= 0.6 is 0 Å². The lowest BCUT2D eigenvalue weighted by Gasteiger charge is -2.17. The molecule has 0 bridgehead atoms. The summed E-state index contributed by atoms with van der Waals surface area (Å²) in [6.07, 6.45) is 5.45. The van der Waals surface area contributed by atoms with Gasteiger partial charge in [0.25, 0.3) is 0 Å². The van der Waals surface area contributed by atoms with Gasteiger partial charge in [-0.3, -0.25) is 4.79 Å². The van der Waals surface area contributed by atoms with Crippen LogP contribution in [0.25, 0.3) is 0 Å². The Hall–Kier alpha value is -0.570. The molecule has 0 amide bonds. The molecular weight excluding hydrogens is 154 g/mol. The van der Waals surface area contributed by atoms with Crippen LogP contribution < -0.4 is 5.32 Å². The quantitative estimate of drug-likeness (QED) is 0.672. The highest BCUT2D eigenvalue weighted by molar-refractivity contribution is 5.73. The molecule has 0 heterocycles. The van der Waals surface area contributed by atoms with Crippen LogP contribution in [0.1, 0.15) is 39.0 Å². The molecule has 0 aromatic carbocycles. The van der Waals surface area contributed by atoms with Gasteiger partial charge in [0.1, 0.15) is 6.04 Å². The summed E-state index contributed by atoms with van der Waals surface area (Å²) in [5.41, 5.74) is 0. The maximum absolute atomic E-state index is 10.7. The summed E-state index contributed by atoms with van der Waals surface area (Å²) in [5.74, 6) is -0.718. The van der Waals surface area contributed by atoms with Gasteiger partial charge in [-0.05, 0) is 19.3 Å². The lowest BCUT2D eigenvalue weighted by Crippen LogP contribution is -2.41. The van der Waals surface area contributed by atoms with E-state index in [9.17, 15) is 4.79 Å². The normalized spacial score (nSPS) is 21.1. The van der Waals surface area contributed by atoms with Crippen molar-refractivity contribution >= 4 is 5.97 Å². The third-order valence-corrected chi connectivity index (χ3v) is 2.50. The maximum atomic E-state index is 10.7. The van der Waals surface area contributed by atoms with E-state index in [0.717, 1.165) is 12.8 Å². The molecule has 1 saturated carbocycles. The lowest BCUT2D eigenvalue weighted by atomic mass is 10.1. The number of rotatable bonds is 4. The zero-order valence-corrected chi connectivity index (χ0v) is 7.55. The number of hydrogen-bond donors (Lipinski definition) is 2. The third-order valence-electron chi connectivity index (χ3n) is 2.50. The van der Waals surface area contributed by atoms with Crippen molar-refractivity contribution in [3.63, 3.8) is 0 Å². The fraction of sp³-hybridized carbons (Fsp3) is 0.889.